The van der Waals surface area contributed by atoms with Gasteiger partial charge in [0, 0.05) is 11.4 Å². The van der Waals surface area contributed by atoms with Crippen LogP contribution in [0.2, 0.25) is 0 Å². The molecule has 3 nitrogen and oxygen atoms in total. The first-order chi connectivity index (χ1) is 15.7. The Morgan fingerprint density at radius 2 is 0.829 bits per heavy atom. The minimum atomic E-state index is -0.500. The van der Waals surface area contributed by atoms with Gasteiger partial charge < -0.3 is 14.9 Å². The fraction of sp³-hybridized carbons (Fsp3) is 0.516. The van der Waals surface area contributed by atoms with Gasteiger partial charge in [-0.3, -0.25) is 0 Å². The Kier molecular flexibility index (Phi) is 11.6. The van der Waals surface area contributed by atoms with Gasteiger partial charge in [-0.25, -0.2) is 0 Å². The van der Waals surface area contributed by atoms with Gasteiger partial charge in [0.05, 0.1) is 5.60 Å². The molecule has 1 aliphatic rings. The maximum atomic E-state index is 8.52. The molecule has 198 valence electrons. The molecule has 4 heteroatoms. The summed E-state index contributed by atoms with van der Waals surface area (Å²) >= 11 is 0. The predicted molar refractivity (Wildman–Crippen MR) is 150 cm³/mol. The standard InChI is InChI=1S/C27H37N2.C4H10O.Cu/c1-18(2)22-11-9-12-23(19(3)4)26(22)28-15-16-29(17-28)27-24(20(5)6)13-10-14-25(27)21(7)8;1-4(2,3)5;/h9-21H,1-8H3;5H,1-3H3;/q-1;;+1. The third kappa shape index (κ3) is 8.41. The molecular formula is C31H47CuN2O. The smallest absolute Gasteiger partial charge is 0.479 e. The number of para-hydroxylation sites is 2. The van der Waals surface area contributed by atoms with Crippen LogP contribution in [0.1, 0.15) is 122 Å². The maximum Gasteiger partial charge on any atom is 1.00 e. The molecule has 1 N–H and O–H groups in total. The Labute approximate surface area is 226 Å². The summed E-state index contributed by atoms with van der Waals surface area (Å²) in [6.07, 6.45) is 4.43. The number of hydrogen-bond donors (Lipinski definition) is 1. The molecule has 1 heterocycles. The van der Waals surface area contributed by atoms with Crippen molar-refractivity contribution in [3.05, 3.63) is 77.7 Å². The van der Waals surface area contributed by atoms with Crippen LogP contribution in [0.5, 0.6) is 0 Å². The average molecular weight is 527 g/mol. The van der Waals surface area contributed by atoms with Crippen LogP contribution in [-0.2, 0) is 17.1 Å². The molecule has 2 aromatic rings. The van der Waals surface area contributed by atoms with Gasteiger partial charge >= 0.3 is 17.1 Å². The number of aliphatic hydroxyl groups is 1. The average Bonchev–Trinajstić information content (AvgIpc) is 3.20. The van der Waals surface area contributed by atoms with Crippen molar-refractivity contribution in [1.29, 1.82) is 0 Å². The van der Waals surface area contributed by atoms with Crippen molar-refractivity contribution in [3.8, 4) is 0 Å². The van der Waals surface area contributed by atoms with Crippen LogP contribution >= 0.6 is 0 Å². The SMILES string of the molecule is CC(C)(C)O.CC(C)c1cccc(C(C)C)c1N1C=CN(c2c(C(C)C)cccc2C(C)C)[CH-]1.[Cu+]. The number of rotatable bonds is 6. The molecule has 0 aliphatic carbocycles. The first kappa shape index (κ1) is 31.3. The van der Waals surface area contributed by atoms with E-state index < -0.39 is 5.60 Å². The third-order valence-electron chi connectivity index (χ3n) is 5.84. The van der Waals surface area contributed by atoms with Gasteiger partial charge in [-0.05, 0) is 79.1 Å². The first-order valence-corrected chi connectivity index (χ1v) is 12.8. The third-order valence-corrected chi connectivity index (χ3v) is 5.84. The summed E-state index contributed by atoms with van der Waals surface area (Å²) in [6.45, 7) is 25.8. The molecule has 0 bridgehead atoms. The van der Waals surface area contributed by atoms with Crippen LogP contribution in [0.3, 0.4) is 0 Å². The Balaban J connectivity index is 0.000000927. The van der Waals surface area contributed by atoms with Gasteiger partial charge in [-0.1, -0.05) is 91.8 Å². The zero-order valence-corrected chi connectivity index (χ0v) is 24.6. The van der Waals surface area contributed by atoms with Gasteiger partial charge in [0.25, 0.3) is 0 Å². The molecule has 0 amide bonds. The van der Waals surface area contributed by atoms with Gasteiger partial charge in [0.15, 0.2) is 0 Å². The fourth-order valence-electron chi connectivity index (χ4n) is 4.24. The molecule has 0 aromatic heterocycles. The summed E-state index contributed by atoms with van der Waals surface area (Å²) in [5, 5.41) is 8.52. The van der Waals surface area contributed by atoms with Crippen molar-refractivity contribution in [3.63, 3.8) is 0 Å². The molecule has 0 radical (unpaired) electrons. The van der Waals surface area contributed by atoms with E-state index in [4.69, 9.17) is 5.11 Å². The summed E-state index contributed by atoms with van der Waals surface area (Å²) in [5.41, 5.74) is 7.79. The molecule has 35 heavy (non-hydrogen) atoms. The molecular weight excluding hydrogens is 480 g/mol. The molecule has 0 atom stereocenters. The van der Waals surface area contributed by atoms with E-state index in [1.54, 1.807) is 20.8 Å². The van der Waals surface area contributed by atoms with Gasteiger partial charge in [0.2, 0.25) is 0 Å². The van der Waals surface area contributed by atoms with Crippen LogP contribution < -0.4 is 9.80 Å². The monoisotopic (exact) mass is 526 g/mol. The fourth-order valence-corrected chi connectivity index (χ4v) is 4.24. The van der Waals surface area contributed by atoms with Crippen LogP contribution in [0, 0.1) is 6.67 Å². The van der Waals surface area contributed by atoms with E-state index in [0.29, 0.717) is 23.7 Å². The molecule has 0 saturated carbocycles. The van der Waals surface area contributed by atoms with Gasteiger partial charge in [-0.2, -0.15) is 0 Å². The van der Waals surface area contributed by atoms with E-state index in [9.17, 15) is 0 Å². The van der Waals surface area contributed by atoms with E-state index in [1.807, 2.05) is 0 Å². The topological polar surface area (TPSA) is 26.7 Å². The van der Waals surface area contributed by atoms with Crippen molar-refractivity contribution < 1.29 is 22.2 Å². The van der Waals surface area contributed by atoms with Gasteiger partial charge in [-0.15, -0.1) is 6.67 Å². The van der Waals surface area contributed by atoms with E-state index in [-0.39, 0.29) is 17.1 Å². The summed E-state index contributed by atoms with van der Waals surface area (Å²) in [4.78, 5) is 4.65. The zero-order chi connectivity index (χ0) is 25.8. The van der Waals surface area contributed by atoms with Gasteiger partial charge in [0.1, 0.15) is 0 Å². The Morgan fingerprint density at radius 3 is 1.03 bits per heavy atom. The quantitative estimate of drug-likeness (QED) is 0.300. The summed E-state index contributed by atoms with van der Waals surface area (Å²) in [7, 11) is 0. The van der Waals surface area contributed by atoms with E-state index in [0.717, 1.165) is 0 Å². The molecule has 0 saturated heterocycles. The maximum absolute atomic E-state index is 8.52. The minimum absolute atomic E-state index is 0. The van der Waals surface area contributed by atoms with Crippen LogP contribution in [0.25, 0.3) is 0 Å². The molecule has 0 unspecified atom stereocenters. The van der Waals surface area contributed by atoms with E-state index in [2.05, 4.69) is 121 Å². The van der Waals surface area contributed by atoms with Crippen molar-refractivity contribution in [1.82, 2.24) is 0 Å². The number of nitrogens with zero attached hydrogens (tertiary/aromatic N) is 2. The normalized spacial score (nSPS) is 13.6. The molecule has 1 aliphatic heterocycles. The van der Waals surface area contributed by atoms with Crippen molar-refractivity contribution in [2.24, 2.45) is 0 Å². The summed E-state index contributed by atoms with van der Waals surface area (Å²) in [6, 6.07) is 13.5. The van der Waals surface area contributed by atoms with E-state index >= 15 is 0 Å². The van der Waals surface area contributed by atoms with Crippen LogP contribution in [-0.4, -0.2) is 10.7 Å². The van der Waals surface area contributed by atoms with E-state index in [1.165, 1.54) is 33.6 Å². The summed E-state index contributed by atoms with van der Waals surface area (Å²) < 4.78 is 0. The Bertz CT molecular complexity index is 840. The van der Waals surface area contributed by atoms with Crippen LogP contribution in [0.4, 0.5) is 11.4 Å². The predicted octanol–water partition coefficient (Wildman–Crippen LogP) is 8.87. The minimum Gasteiger partial charge on any atom is -0.479 e. The second-order valence-electron chi connectivity index (χ2n) is 11.6. The second kappa shape index (κ2) is 13.0. The van der Waals surface area contributed by atoms with Crippen LogP contribution in [0.15, 0.2) is 48.8 Å². The number of anilines is 2. The van der Waals surface area contributed by atoms with Crippen molar-refractivity contribution >= 4 is 11.4 Å². The first-order valence-electron chi connectivity index (χ1n) is 12.8. The summed E-state index contributed by atoms with van der Waals surface area (Å²) in [5.74, 6) is 1.92. The molecule has 0 spiro atoms. The second-order valence-corrected chi connectivity index (χ2v) is 11.6. The zero-order valence-electron chi connectivity index (χ0n) is 23.6. The number of benzene rings is 2. The largest absolute Gasteiger partial charge is 1.00 e. The number of hydrogen-bond acceptors (Lipinski definition) is 3. The molecule has 2 aromatic carbocycles. The molecule has 0 fully saturated rings. The molecule has 3 rings (SSSR count). The van der Waals surface area contributed by atoms with Crippen molar-refractivity contribution in [2.75, 3.05) is 9.80 Å². The van der Waals surface area contributed by atoms with Crippen molar-refractivity contribution in [2.45, 2.75) is 105 Å². The Hall–Kier alpha value is -1.74. The Morgan fingerprint density at radius 1 is 0.600 bits per heavy atom.